The van der Waals surface area contributed by atoms with Crippen LogP contribution in [0, 0.1) is 0 Å². The molecule has 2 aliphatic heterocycles. The first-order valence-corrected chi connectivity index (χ1v) is 7.76. The van der Waals surface area contributed by atoms with E-state index in [0.717, 1.165) is 30.2 Å². The molecule has 1 aromatic heterocycles. The molecule has 3 aromatic rings. The van der Waals surface area contributed by atoms with Crippen LogP contribution in [0.2, 0.25) is 0 Å². The van der Waals surface area contributed by atoms with Crippen LogP contribution in [0.25, 0.3) is 22.0 Å². The van der Waals surface area contributed by atoms with Gasteiger partial charge in [-0.1, -0.05) is 0 Å². The van der Waals surface area contributed by atoms with Gasteiger partial charge in [0.05, 0.1) is 7.11 Å². The Morgan fingerprint density at radius 2 is 1.83 bits per heavy atom. The highest BCUT2D eigenvalue weighted by Crippen LogP contribution is 2.37. The first-order chi connectivity index (χ1) is 11.3. The number of rotatable bonds is 1. The van der Waals surface area contributed by atoms with Crippen molar-refractivity contribution in [3.05, 3.63) is 48.2 Å². The SMILES string of the molecule is COc1ccc2c(c1)CC[n+]1cc3cc4c(cc3cc1-2)OCO4. The Kier molecular flexibility index (Phi) is 2.56. The monoisotopic (exact) mass is 306 g/mol. The standard InChI is InChI=1S/C19H16NO3/c1-21-15-2-3-16-12(6-15)4-5-20-10-14-9-19-18(22-11-23-19)8-13(14)7-17(16)20/h2-3,6-10H,4-5,11H2,1H3/q+1. The van der Waals surface area contributed by atoms with E-state index in [-0.39, 0.29) is 0 Å². The van der Waals surface area contributed by atoms with E-state index in [4.69, 9.17) is 14.2 Å². The fraction of sp³-hybridized carbons (Fsp3) is 0.211. The van der Waals surface area contributed by atoms with Crippen molar-refractivity contribution in [2.24, 2.45) is 0 Å². The molecular weight excluding hydrogens is 290 g/mol. The number of benzene rings is 2. The normalized spacial score (nSPS) is 14.5. The average molecular weight is 306 g/mol. The highest BCUT2D eigenvalue weighted by molar-refractivity contribution is 5.87. The van der Waals surface area contributed by atoms with Crippen LogP contribution in [0.4, 0.5) is 0 Å². The van der Waals surface area contributed by atoms with Crippen molar-refractivity contribution in [1.29, 1.82) is 0 Å². The van der Waals surface area contributed by atoms with Gasteiger partial charge in [0, 0.05) is 23.4 Å². The van der Waals surface area contributed by atoms with Gasteiger partial charge in [-0.25, -0.2) is 0 Å². The van der Waals surface area contributed by atoms with E-state index in [2.05, 4.69) is 41.1 Å². The Balaban J connectivity index is 1.73. The minimum Gasteiger partial charge on any atom is -0.497 e. The maximum Gasteiger partial charge on any atom is 0.231 e. The summed E-state index contributed by atoms with van der Waals surface area (Å²) in [5.74, 6) is 2.58. The highest BCUT2D eigenvalue weighted by atomic mass is 16.7. The van der Waals surface area contributed by atoms with E-state index < -0.39 is 0 Å². The largest absolute Gasteiger partial charge is 0.497 e. The quantitative estimate of drug-likeness (QED) is 0.648. The third-order valence-electron chi connectivity index (χ3n) is 4.69. The number of fused-ring (bicyclic) bond motifs is 5. The highest BCUT2D eigenvalue weighted by Gasteiger charge is 2.25. The fourth-order valence-electron chi connectivity index (χ4n) is 3.49. The fourth-order valence-corrected chi connectivity index (χ4v) is 3.49. The average Bonchev–Trinajstić information content (AvgIpc) is 3.04. The van der Waals surface area contributed by atoms with Gasteiger partial charge in [0.1, 0.15) is 5.75 Å². The molecule has 0 saturated carbocycles. The van der Waals surface area contributed by atoms with Gasteiger partial charge in [-0.15, -0.1) is 0 Å². The maximum absolute atomic E-state index is 5.50. The molecule has 0 aliphatic carbocycles. The summed E-state index contributed by atoms with van der Waals surface area (Å²) >= 11 is 0. The lowest BCUT2D eigenvalue weighted by Gasteiger charge is -2.16. The zero-order valence-electron chi connectivity index (χ0n) is 12.8. The second kappa shape index (κ2) is 4.62. The second-order valence-corrected chi connectivity index (χ2v) is 5.96. The summed E-state index contributed by atoms with van der Waals surface area (Å²) in [5, 5.41) is 2.35. The molecule has 4 heteroatoms. The van der Waals surface area contributed by atoms with Gasteiger partial charge >= 0.3 is 0 Å². The Bertz CT molecular complexity index is 949. The molecule has 0 radical (unpaired) electrons. The lowest BCUT2D eigenvalue weighted by atomic mass is 9.95. The van der Waals surface area contributed by atoms with Crippen LogP contribution in [-0.4, -0.2) is 13.9 Å². The first-order valence-electron chi connectivity index (χ1n) is 7.76. The van der Waals surface area contributed by atoms with Crippen molar-refractivity contribution in [3.63, 3.8) is 0 Å². The molecule has 114 valence electrons. The molecule has 5 rings (SSSR count). The summed E-state index contributed by atoms with van der Waals surface area (Å²) in [6, 6.07) is 12.7. The summed E-state index contributed by atoms with van der Waals surface area (Å²) in [4.78, 5) is 0. The molecule has 0 saturated heterocycles. The van der Waals surface area contributed by atoms with Crippen molar-refractivity contribution in [2.45, 2.75) is 13.0 Å². The second-order valence-electron chi connectivity index (χ2n) is 5.96. The van der Waals surface area contributed by atoms with E-state index in [1.807, 2.05) is 6.07 Å². The molecule has 2 aliphatic rings. The van der Waals surface area contributed by atoms with Crippen LogP contribution in [0.3, 0.4) is 0 Å². The molecule has 0 spiro atoms. The van der Waals surface area contributed by atoms with E-state index >= 15 is 0 Å². The molecular formula is C19H16NO3+. The molecule has 0 unspecified atom stereocenters. The van der Waals surface area contributed by atoms with Crippen molar-refractivity contribution in [2.75, 3.05) is 13.9 Å². The lowest BCUT2D eigenvalue weighted by molar-refractivity contribution is -0.686. The number of hydrogen-bond donors (Lipinski definition) is 0. The number of ether oxygens (including phenoxy) is 3. The van der Waals surface area contributed by atoms with Gasteiger partial charge in [0.15, 0.2) is 24.2 Å². The molecule has 0 fully saturated rings. The molecule has 4 nitrogen and oxygen atoms in total. The summed E-state index contributed by atoms with van der Waals surface area (Å²) < 4.78 is 18.7. The predicted octanol–water partition coefficient (Wildman–Crippen LogP) is 3.09. The minimum absolute atomic E-state index is 0.307. The van der Waals surface area contributed by atoms with Crippen LogP contribution in [-0.2, 0) is 13.0 Å². The van der Waals surface area contributed by atoms with Crippen molar-refractivity contribution < 1.29 is 18.8 Å². The summed E-state index contributed by atoms with van der Waals surface area (Å²) in [6.45, 7) is 1.28. The molecule has 23 heavy (non-hydrogen) atoms. The van der Waals surface area contributed by atoms with E-state index in [9.17, 15) is 0 Å². The van der Waals surface area contributed by atoms with Crippen LogP contribution in [0.5, 0.6) is 17.2 Å². The zero-order valence-corrected chi connectivity index (χ0v) is 12.8. The third kappa shape index (κ3) is 1.88. The van der Waals surface area contributed by atoms with Crippen molar-refractivity contribution in [1.82, 2.24) is 0 Å². The minimum atomic E-state index is 0.307. The van der Waals surface area contributed by atoms with E-state index in [1.54, 1.807) is 7.11 Å². The molecule has 2 aromatic carbocycles. The predicted molar refractivity (Wildman–Crippen MR) is 86.0 cm³/mol. The van der Waals surface area contributed by atoms with Crippen LogP contribution in [0.15, 0.2) is 42.6 Å². The van der Waals surface area contributed by atoms with Gasteiger partial charge in [-0.2, -0.15) is 4.57 Å². The molecule has 0 atom stereocenters. The summed E-state index contributed by atoms with van der Waals surface area (Å²) in [7, 11) is 1.71. The zero-order chi connectivity index (χ0) is 15.4. The third-order valence-corrected chi connectivity index (χ3v) is 4.69. The molecule has 3 heterocycles. The number of pyridine rings is 1. The molecule has 0 amide bonds. The summed E-state index contributed by atoms with van der Waals surface area (Å²) in [5.41, 5.74) is 3.85. The maximum atomic E-state index is 5.50. The van der Waals surface area contributed by atoms with Gasteiger partial charge in [0.2, 0.25) is 12.5 Å². The smallest absolute Gasteiger partial charge is 0.231 e. The number of hydrogen-bond acceptors (Lipinski definition) is 3. The van der Waals surface area contributed by atoms with E-state index in [1.165, 1.54) is 27.6 Å². The Morgan fingerprint density at radius 1 is 1.00 bits per heavy atom. The van der Waals surface area contributed by atoms with Crippen molar-refractivity contribution >= 4 is 10.8 Å². The first kappa shape index (κ1) is 12.8. The number of aromatic nitrogens is 1. The number of methoxy groups -OCH3 is 1. The van der Waals surface area contributed by atoms with Gasteiger partial charge in [-0.3, -0.25) is 0 Å². The van der Waals surface area contributed by atoms with E-state index in [0.29, 0.717) is 6.79 Å². The van der Waals surface area contributed by atoms with Gasteiger partial charge in [0.25, 0.3) is 0 Å². The molecule has 0 N–H and O–H groups in total. The molecule has 0 bridgehead atoms. The van der Waals surface area contributed by atoms with Gasteiger partial charge in [-0.05, 0) is 41.3 Å². The Labute approximate surface area is 133 Å². The van der Waals surface area contributed by atoms with Crippen LogP contribution < -0.4 is 18.8 Å². The van der Waals surface area contributed by atoms with Gasteiger partial charge < -0.3 is 14.2 Å². The Morgan fingerprint density at radius 3 is 2.65 bits per heavy atom. The Hall–Kier alpha value is -2.75. The van der Waals surface area contributed by atoms with Crippen molar-refractivity contribution in [3.8, 4) is 28.5 Å². The number of nitrogens with zero attached hydrogens (tertiary/aromatic N) is 1. The van der Waals surface area contributed by atoms with Crippen LogP contribution >= 0.6 is 0 Å². The topological polar surface area (TPSA) is 31.6 Å². The summed E-state index contributed by atoms with van der Waals surface area (Å²) in [6.07, 6.45) is 3.22. The number of aryl methyl sites for hydroxylation is 2. The van der Waals surface area contributed by atoms with Crippen LogP contribution in [0.1, 0.15) is 5.56 Å². The lowest BCUT2D eigenvalue weighted by Crippen LogP contribution is -2.39.